The van der Waals surface area contributed by atoms with Gasteiger partial charge in [-0.1, -0.05) is 18.2 Å². The lowest BCUT2D eigenvalue weighted by Crippen LogP contribution is -2.05. The number of rotatable bonds is 5. The van der Waals surface area contributed by atoms with Crippen molar-refractivity contribution in [3.8, 4) is 17.4 Å². The van der Waals surface area contributed by atoms with Crippen molar-refractivity contribution < 1.29 is 9.47 Å². The number of benzene rings is 1. The molecular weight excluding hydrogens is 306 g/mol. The number of pyridine rings is 1. The van der Waals surface area contributed by atoms with E-state index in [0.717, 1.165) is 5.56 Å². The molecule has 3 N–H and O–H groups in total. The smallest absolute Gasteiger partial charge is 0.248 e. The molecule has 0 bridgehead atoms. The summed E-state index contributed by atoms with van der Waals surface area (Å²) >= 11 is 0. The van der Waals surface area contributed by atoms with E-state index in [1.807, 2.05) is 31.2 Å². The minimum Gasteiger partial charge on any atom is -0.493 e. The highest BCUT2D eigenvalue weighted by molar-refractivity contribution is 5.72. The Kier molecular flexibility index (Phi) is 4.42. The van der Waals surface area contributed by atoms with E-state index in [2.05, 4.69) is 20.3 Å². The summed E-state index contributed by atoms with van der Waals surface area (Å²) in [4.78, 5) is 12.5. The van der Waals surface area contributed by atoms with Gasteiger partial charge in [-0.2, -0.15) is 4.98 Å². The Morgan fingerprint density at radius 1 is 0.958 bits per heavy atom. The Balaban J connectivity index is 1.90. The van der Waals surface area contributed by atoms with Crippen LogP contribution in [0, 0.1) is 6.92 Å². The SMILES string of the molecule is COc1ccccc1Oc1ncnc(Nc2ncccc2C)c1N. The lowest BCUT2D eigenvalue weighted by atomic mass is 10.3. The predicted octanol–water partition coefficient (Wildman–Crippen LogP) is 3.31. The number of methoxy groups -OCH3 is 1. The molecular formula is C17H17N5O2. The van der Waals surface area contributed by atoms with E-state index in [0.29, 0.717) is 23.1 Å². The molecule has 0 aliphatic heterocycles. The monoisotopic (exact) mass is 323 g/mol. The Morgan fingerprint density at radius 3 is 2.50 bits per heavy atom. The van der Waals surface area contributed by atoms with Crippen LogP contribution in [0.25, 0.3) is 0 Å². The lowest BCUT2D eigenvalue weighted by molar-refractivity contribution is 0.374. The second kappa shape index (κ2) is 6.82. The number of para-hydroxylation sites is 2. The van der Waals surface area contributed by atoms with Gasteiger partial charge in [0.15, 0.2) is 17.3 Å². The van der Waals surface area contributed by atoms with Gasteiger partial charge >= 0.3 is 0 Å². The van der Waals surface area contributed by atoms with E-state index < -0.39 is 0 Å². The van der Waals surface area contributed by atoms with Crippen LogP contribution < -0.4 is 20.5 Å². The summed E-state index contributed by atoms with van der Waals surface area (Å²) in [5.74, 6) is 2.45. The maximum atomic E-state index is 6.14. The van der Waals surface area contributed by atoms with Crippen LogP contribution in [0.5, 0.6) is 17.4 Å². The highest BCUT2D eigenvalue weighted by Crippen LogP contribution is 2.35. The fraction of sp³-hybridized carbons (Fsp3) is 0.118. The second-order valence-electron chi connectivity index (χ2n) is 4.99. The summed E-state index contributed by atoms with van der Waals surface area (Å²) in [6.07, 6.45) is 3.07. The van der Waals surface area contributed by atoms with Gasteiger partial charge in [-0.15, -0.1) is 0 Å². The van der Waals surface area contributed by atoms with Crippen molar-refractivity contribution in [2.24, 2.45) is 0 Å². The van der Waals surface area contributed by atoms with E-state index in [9.17, 15) is 0 Å². The molecule has 1 aromatic carbocycles. The average molecular weight is 323 g/mol. The van der Waals surface area contributed by atoms with Crippen LogP contribution in [0.2, 0.25) is 0 Å². The molecule has 3 rings (SSSR count). The zero-order valence-electron chi connectivity index (χ0n) is 13.4. The normalized spacial score (nSPS) is 10.2. The molecule has 24 heavy (non-hydrogen) atoms. The highest BCUT2D eigenvalue weighted by atomic mass is 16.5. The molecule has 7 nitrogen and oxygen atoms in total. The molecule has 0 aliphatic carbocycles. The van der Waals surface area contributed by atoms with Crippen LogP contribution in [-0.2, 0) is 0 Å². The molecule has 0 spiro atoms. The Labute approximate surface area is 139 Å². The first kappa shape index (κ1) is 15.5. The first-order valence-electron chi connectivity index (χ1n) is 7.29. The second-order valence-corrected chi connectivity index (χ2v) is 4.99. The van der Waals surface area contributed by atoms with Crippen molar-refractivity contribution in [3.05, 3.63) is 54.5 Å². The summed E-state index contributed by atoms with van der Waals surface area (Å²) in [5, 5.41) is 3.10. The van der Waals surface area contributed by atoms with Gasteiger partial charge in [0.1, 0.15) is 17.8 Å². The van der Waals surface area contributed by atoms with Gasteiger partial charge in [0.25, 0.3) is 0 Å². The van der Waals surface area contributed by atoms with Crippen molar-refractivity contribution in [1.29, 1.82) is 0 Å². The largest absolute Gasteiger partial charge is 0.493 e. The molecule has 2 aromatic heterocycles. The number of nitrogens with one attached hydrogen (secondary N) is 1. The van der Waals surface area contributed by atoms with Crippen molar-refractivity contribution in [2.75, 3.05) is 18.2 Å². The maximum absolute atomic E-state index is 6.14. The van der Waals surface area contributed by atoms with Gasteiger partial charge in [-0.05, 0) is 30.7 Å². The number of aryl methyl sites for hydroxylation is 1. The number of aromatic nitrogens is 3. The fourth-order valence-electron chi connectivity index (χ4n) is 2.10. The zero-order valence-corrected chi connectivity index (χ0v) is 13.4. The molecule has 122 valence electrons. The first-order valence-corrected chi connectivity index (χ1v) is 7.29. The molecule has 0 atom stereocenters. The van der Waals surface area contributed by atoms with Gasteiger partial charge < -0.3 is 20.5 Å². The standard InChI is InChI=1S/C17H17N5O2/c1-11-6-5-9-19-15(11)22-16-14(18)17(21-10-20-16)24-13-8-4-3-7-12(13)23-2/h3-10H,18H2,1-2H3,(H,19,20,21,22). The number of hydrogen-bond acceptors (Lipinski definition) is 7. The van der Waals surface area contributed by atoms with E-state index in [-0.39, 0.29) is 11.6 Å². The third-order valence-corrected chi connectivity index (χ3v) is 3.37. The predicted molar refractivity (Wildman–Crippen MR) is 91.8 cm³/mol. The lowest BCUT2D eigenvalue weighted by Gasteiger charge is -2.13. The summed E-state index contributed by atoms with van der Waals surface area (Å²) < 4.78 is 11.0. The van der Waals surface area contributed by atoms with Crippen LogP contribution >= 0.6 is 0 Å². The minimum absolute atomic E-state index is 0.241. The van der Waals surface area contributed by atoms with E-state index in [1.165, 1.54) is 6.33 Å². The summed E-state index contributed by atoms with van der Waals surface area (Å²) in [6.45, 7) is 1.94. The Bertz CT molecular complexity index is 854. The fourth-order valence-corrected chi connectivity index (χ4v) is 2.10. The minimum atomic E-state index is 0.241. The Morgan fingerprint density at radius 2 is 1.75 bits per heavy atom. The van der Waals surface area contributed by atoms with Crippen molar-refractivity contribution >= 4 is 17.3 Å². The molecule has 2 heterocycles. The van der Waals surface area contributed by atoms with Gasteiger partial charge in [-0.25, -0.2) is 9.97 Å². The Hall–Kier alpha value is -3.35. The summed E-state index contributed by atoms with van der Waals surface area (Å²) in [6, 6.07) is 11.1. The van der Waals surface area contributed by atoms with Crippen LogP contribution in [0.15, 0.2) is 48.9 Å². The molecule has 0 saturated heterocycles. The van der Waals surface area contributed by atoms with Crippen molar-refractivity contribution in [3.63, 3.8) is 0 Å². The number of nitrogen functional groups attached to an aromatic ring is 1. The molecule has 0 fully saturated rings. The topological polar surface area (TPSA) is 95.2 Å². The quantitative estimate of drug-likeness (QED) is 0.743. The summed E-state index contributed by atoms with van der Waals surface area (Å²) in [5.41, 5.74) is 7.40. The van der Waals surface area contributed by atoms with E-state index in [1.54, 1.807) is 25.4 Å². The molecule has 0 radical (unpaired) electrons. The van der Waals surface area contributed by atoms with E-state index in [4.69, 9.17) is 15.2 Å². The highest BCUT2D eigenvalue weighted by Gasteiger charge is 2.13. The van der Waals surface area contributed by atoms with Gasteiger partial charge in [-0.3, -0.25) is 0 Å². The maximum Gasteiger partial charge on any atom is 0.248 e. The number of ether oxygens (including phenoxy) is 2. The molecule has 7 heteroatoms. The molecule has 0 aliphatic rings. The molecule has 3 aromatic rings. The third-order valence-electron chi connectivity index (χ3n) is 3.37. The first-order chi connectivity index (χ1) is 11.7. The molecule has 0 amide bonds. The average Bonchev–Trinajstić information content (AvgIpc) is 2.61. The van der Waals surface area contributed by atoms with E-state index >= 15 is 0 Å². The molecule has 0 unspecified atom stereocenters. The van der Waals surface area contributed by atoms with Gasteiger partial charge in [0.2, 0.25) is 5.88 Å². The van der Waals surface area contributed by atoms with Crippen LogP contribution in [-0.4, -0.2) is 22.1 Å². The van der Waals surface area contributed by atoms with Crippen LogP contribution in [0.4, 0.5) is 17.3 Å². The van der Waals surface area contributed by atoms with Crippen molar-refractivity contribution in [2.45, 2.75) is 6.92 Å². The number of hydrogen-bond donors (Lipinski definition) is 2. The number of nitrogens with zero attached hydrogens (tertiary/aromatic N) is 3. The van der Waals surface area contributed by atoms with Crippen molar-refractivity contribution in [1.82, 2.24) is 15.0 Å². The van der Waals surface area contributed by atoms with Crippen LogP contribution in [0.1, 0.15) is 5.56 Å². The van der Waals surface area contributed by atoms with Gasteiger partial charge in [0.05, 0.1) is 7.11 Å². The zero-order chi connectivity index (χ0) is 16.9. The molecule has 0 saturated carbocycles. The number of anilines is 3. The van der Waals surface area contributed by atoms with Gasteiger partial charge in [0, 0.05) is 6.20 Å². The van der Waals surface area contributed by atoms with Crippen LogP contribution in [0.3, 0.4) is 0 Å². The third kappa shape index (κ3) is 3.19. The number of nitrogens with two attached hydrogens (primary N) is 1. The summed E-state index contributed by atoms with van der Waals surface area (Å²) in [7, 11) is 1.57.